The molecule has 3 aliphatic heterocycles. The molecule has 0 bridgehead atoms. The van der Waals surface area contributed by atoms with Crippen LogP contribution in [0.5, 0.6) is 0 Å². The first-order valence-corrected chi connectivity index (χ1v) is 12.8. The van der Waals surface area contributed by atoms with E-state index < -0.39 is 16.9 Å². The number of hydrogen-bond donors (Lipinski definition) is 0. The standard InChI is InChI=1S/C24H33N3O6S/c1-23(2)11-15(5-8-32-23)27-20(29)19-16-12-24(3,4)33-14-17(16)34-21(19)26(22(27)30)13-18(28)25-6-9-31-10-7-25/h15H,5-14H2,1-4H3/t15-/m0/s1. The van der Waals surface area contributed by atoms with Gasteiger partial charge in [0.15, 0.2) is 0 Å². The van der Waals surface area contributed by atoms with Gasteiger partial charge in [0.05, 0.1) is 36.4 Å². The van der Waals surface area contributed by atoms with Crippen molar-refractivity contribution in [2.75, 3.05) is 32.9 Å². The average Bonchev–Trinajstić information content (AvgIpc) is 3.14. The molecule has 0 unspecified atom stereocenters. The van der Waals surface area contributed by atoms with Crippen molar-refractivity contribution in [3.05, 3.63) is 31.3 Å². The maximum absolute atomic E-state index is 13.9. The molecule has 2 aromatic heterocycles. The van der Waals surface area contributed by atoms with Gasteiger partial charge in [-0.3, -0.25) is 18.7 Å². The maximum atomic E-state index is 13.9. The summed E-state index contributed by atoms with van der Waals surface area (Å²) in [4.78, 5) is 44.2. The highest BCUT2D eigenvalue weighted by Gasteiger charge is 2.36. The number of carbonyl (C=O) groups is 1. The zero-order valence-electron chi connectivity index (χ0n) is 20.3. The van der Waals surface area contributed by atoms with E-state index in [9.17, 15) is 14.4 Å². The molecule has 0 aromatic carbocycles. The molecule has 3 aliphatic rings. The van der Waals surface area contributed by atoms with Gasteiger partial charge in [-0.15, -0.1) is 11.3 Å². The molecule has 1 amide bonds. The SMILES string of the molecule is CC1(C)Cc2c(sc3c2c(=O)n([C@H]2CCOC(C)(C)C2)c(=O)n3CC(=O)N2CCOCC2)CO1. The first-order chi connectivity index (χ1) is 16.1. The van der Waals surface area contributed by atoms with Crippen molar-refractivity contribution in [1.82, 2.24) is 14.0 Å². The number of thiophene rings is 1. The molecular formula is C24H33N3O6S. The molecule has 2 fully saturated rings. The first kappa shape index (κ1) is 23.7. The summed E-state index contributed by atoms with van der Waals surface area (Å²) in [7, 11) is 0. The van der Waals surface area contributed by atoms with Crippen molar-refractivity contribution in [3.63, 3.8) is 0 Å². The molecule has 0 N–H and O–H groups in total. The van der Waals surface area contributed by atoms with Crippen LogP contribution in [0.3, 0.4) is 0 Å². The summed E-state index contributed by atoms with van der Waals surface area (Å²) >= 11 is 1.40. The quantitative estimate of drug-likeness (QED) is 0.653. The molecule has 0 aliphatic carbocycles. The summed E-state index contributed by atoms with van der Waals surface area (Å²) in [6.45, 7) is 10.8. The second-order valence-corrected chi connectivity index (χ2v) is 11.8. The summed E-state index contributed by atoms with van der Waals surface area (Å²) in [5, 5.41) is 0.565. The van der Waals surface area contributed by atoms with E-state index in [4.69, 9.17) is 14.2 Å². The van der Waals surface area contributed by atoms with Gasteiger partial charge >= 0.3 is 5.69 Å². The van der Waals surface area contributed by atoms with Gasteiger partial charge < -0.3 is 19.1 Å². The molecule has 0 radical (unpaired) electrons. The van der Waals surface area contributed by atoms with E-state index in [1.165, 1.54) is 20.5 Å². The second-order valence-electron chi connectivity index (χ2n) is 10.7. The molecule has 1 atom stereocenters. The van der Waals surface area contributed by atoms with Gasteiger partial charge in [-0.25, -0.2) is 4.79 Å². The molecule has 5 heterocycles. The molecule has 9 nitrogen and oxygen atoms in total. The number of aromatic nitrogens is 2. The number of nitrogens with zero attached hydrogens (tertiary/aromatic N) is 3. The molecule has 2 saturated heterocycles. The van der Waals surface area contributed by atoms with Crippen molar-refractivity contribution < 1.29 is 19.0 Å². The fourth-order valence-electron chi connectivity index (χ4n) is 5.30. The monoisotopic (exact) mass is 491 g/mol. The van der Waals surface area contributed by atoms with E-state index in [0.29, 0.717) is 69.0 Å². The Kier molecular flexibility index (Phi) is 5.99. The van der Waals surface area contributed by atoms with E-state index >= 15 is 0 Å². The minimum Gasteiger partial charge on any atom is -0.378 e. The third-order valence-electron chi connectivity index (χ3n) is 7.08. The van der Waals surface area contributed by atoms with Gasteiger partial charge in [-0.1, -0.05) is 0 Å². The third kappa shape index (κ3) is 4.25. The van der Waals surface area contributed by atoms with Crippen LogP contribution in [-0.2, 0) is 38.6 Å². The van der Waals surface area contributed by atoms with Gasteiger partial charge in [0, 0.05) is 37.0 Å². The van der Waals surface area contributed by atoms with Crippen LogP contribution >= 0.6 is 11.3 Å². The molecular weight excluding hydrogens is 458 g/mol. The van der Waals surface area contributed by atoms with Crippen LogP contribution in [0, 0.1) is 0 Å². The summed E-state index contributed by atoms with van der Waals surface area (Å²) in [6.07, 6.45) is 1.74. The summed E-state index contributed by atoms with van der Waals surface area (Å²) in [5.41, 5.74) is -0.548. The Morgan fingerprint density at radius 2 is 1.79 bits per heavy atom. The zero-order chi connectivity index (χ0) is 24.3. The normalized spacial score (nSPS) is 24.2. The average molecular weight is 492 g/mol. The van der Waals surface area contributed by atoms with Crippen LogP contribution in [0.25, 0.3) is 10.2 Å². The van der Waals surface area contributed by atoms with Gasteiger partial charge in [0.25, 0.3) is 5.56 Å². The van der Waals surface area contributed by atoms with Gasteiger partial charge in [0.2, 0.25) is 5.91 Å². The lowest BCUT2D eigenvalue weighted by Gasteiger charge is -2.36. The highest BCUT2D eigenvalue weighted by atomic mass is 32.1. The number of morpholine rings is 1. The number of rotatable bonds is 3. The highest BCUT2D eigenvalue weighted by molar-refractivity contribution is 7.18. The fourth-order valence-corrected chi connectivity index (χ4v) is 6.52. The van der Waals surface area contributed by atoms with E-state index in [1.807, 2.05) is 27.7 Å². The summed E-state index contributed by atoms with van der Waals surface area (Å²) in [6, 6.07) is -0.277. The van der Waals surface area contributed by atoms with E-state index in [1.54, 1.807) is 4.90 Å². The second kappa shape index (κ2) is 8.58. The smallest absolute Gasteiger partial charge is 0.332 e. The maximum Gasteiger partial charge on any atom is 0.332 e. The van der Waals surface area contributed by atoms with E-state index in [0.717, 1.165) is 10.4 Å². The van der Waals surface area contributed by atoms with Crippen molar-refractivity contribution in [2.24, 2.45) is 0 Å². The predicted octanol–water partition coefficient (Wildman–Crippen LogP) is 2.06. The lowest BCUT2D eigenvalue weighted by molar-refractivity contribution is -0.135. The fraction of sp³-hybridized carbons (Fsp3) is 0.708. The van der Waals surface area contributed by atoms with E-state index in [-0.39, 0.29) is 24.1 Å². The number of amides is 1. The van der Waals surface area contributed by atoms with Crippen LogP contribution in [0.2, 0.25) is 0 Å². The van der Waals surface area contributed by atoms with Crippen molar-refractivity contribution >= 4 is 27.5 Å². The van der Waals surface area contributed by atoms with Gasteiger partial charge in [-0.05, 0) is 46.1 Å². The number of ether oxygens (including phenoxy) is 3. The Morgan fingerprint density at radius 1 is 1.06 bits per heavy atom. The molecule has 0 spiro atoms. The predicted molar refractivity (Wildman–Crippen MR) is 129 cm³/mol. The van der Waals surface area contributed by atoms with Crippen molar-refractivity contribution in [1.29, 1.82) is 0 Å². The minimum atomic E-state index is -0.428. The largest absolute Gasteiger partial charge is 0.378 e. The Morgan fingerprint density at radius 3 is 2.50 bits per heavy atom. The van der Waals surface area contributed by atoms with Crippen LogP contribution in [0.15, 0.2) is 9.59 Å². The number of carbonyl (C=O) groups excluding carboxylic acids is 1. The molecule has 34 heavy (non-hydrogen) atoms. The Labute approximate surface area is 202 Å². The third-order valence-corrected chi connectivity index (χ3v) is 8.31. The van der Waals surface area contributed by atoms with Crippen molar-refractivity contribution in [2.45, 2.75) is 77.4 Å². The first-order valence-electron chi connectivity index (χ1n) is 12.0. The lowest BCUT2D eigenvalue weighted by atomic mass is 9.93. The Balaban J connectivity index is 1.68. The van der Waals surface area contributed by atoms with Crippen LogP contribution in [-0.4, -0.2) is 64.1 Å². The number of hydrogen-bond acceptors (Lipinski definition) is 7. The zero-order valence-corrected chi connectivity index (χ0v) is 21.2. The van der Waals surface area contributed by atoms with Gasteiger partial charge in [0.1, 0.15) is 11.4 Å². The minimum absolute atomic E-state index is 0.0914. The summed E-state index contributed by atoms with van der Waals surface area (Å²) in [5.74, 6) is -0.132. The van der Waals surface area contributed by atoms with Crippen LogP contribution in [0.4, 0.5) is 0 Å². The molecule has 10 heteroatoms. The molecule has 0 saturated carbocycles. The topological polar surface area (TPSA) is 92.0 Å². The van der Waals surface area contributed by atoms with Gasteiger partial charge in [-0.2, -0.15) is 0 Å². The lowest BCUT2D eigenvalue weighted by Crippen LogP contribution is -2.49. The summed E-state index contributed by atoms with van der Waals surface area (Å²) < 4.78 is 20.1. The molecule has 186 valence electrons. The number of fused-ring (bicyclic) bond motifs is 3. The van der Waals surface area contributed by atoms with Crippen LogP contribution < -0.4 is 11.2 Å². The van der Waals surface area contributed by atoms with Crippen LogP contribution in [0.1, 0.15) is 57.0 Å². The van der Waals surface area contributed by atoms with E-state index in [2.05, 4.69) is 0 Å². The Hall–Kier alpha value is -2.01. The highest BCUT2D eigenvalue weighted by Crippen LogP contribution is 2.38. The van der Waals surface area contributed by atoms with Crippen molar-refractivity contribution in [3.8, 4) is 0 Å². The molecule has 2 aromatic rings. The Bertz CT molecular complexity index is 1230. The molecule has 5 rings (SSSR count).